The molecule has 0 aliphatic carbocycles. The Bertz CT molecular complexity index is 733. The Morgan fingerprint density at radius 3 is 2.04 bits per heavy atom. The summed E-state index contributed by atoms with van der Waals surface area (Å²) in [6.07, 6.45) is 0.165. The van der Waals surface area contributed by atoms with Crippen molar-refractivity contribution in [3.05, 3.63) is 65.2 Å². The third kappa shape index (κ3) is 5.31. The lowest BCUT2D eigenvalue weighted by atomic mass is 10.1. The molecule has 1 aliphatic rings. The second-order valence-corrected chi connectivity index (χ2v) is 7.12. The molecule has 5 nitrogen and oxygen atoms in total. The zero-order valence-corrected chi connectivity index (χ0v) is 16.3. The highest BCUT2D eigenvalue weighted by Crippen LogP contribution is 2.15. The van der Waals surface area contributed by atoms with Crippen LogP contribution >= 0.6 is 0 Å². The average molecular weight is 368 g/mol. The van der Waals surface area contributed by atoms with Crippen LogP contribution in [-0.2, 0) is 17.8 Å². The first-order valence-corrected chi connectivity index (χ1v) is 9.42. The molecular formula is C22H28N2O3. The van der Waals surface area contributed by atoms with E-state index in [4.69, 9.17) is 9.47 Å². The molecular weight excluding hydrogens is 340 g/mol. The van der Waals surface area contributed by atoms with Gasteiger partial charge in [0.15, 0.2) is 0 Å². The van der Waals surface area contributed by atoms with Crippen molar-refractivity contribution in [2.75, 3.05) is 20.2 Å². The Morgan fingerprint density at radius 2 is 1.52 bits per heavy atom. The summed E-state index contributed by atoms with van der Waals surface area (Å²) in [6.45, 7) is 6.85. The smallest absolute Gasteiger partial charge is 0.254 e. The van der Waals surface area contributed by atoms with Crippen LogP contribution in [0.3, 0.4) is 0 Å². The Balaban J connectivity index is 1.51. The van der Waals surface area contributed by atoms with Crippen molar-refractivity contribution < 1.29 is 14.3 Å². The van der Waals surface area contributed by atoms with Crippen LogP contribution in [-0.4, -0.2) is 43.2 Å². The molecule has 0 saturated carbocycles. The number of ether oxygens (including phenoxy) is 2. The molecule has 144 valence electrons. The van der Waals surface area contributed by atoms with Gasteiger partial charge in [0.2, 0.25) is 0 Å². The van der Waals surface area contributed by atoms with Crippen molar-refractivity contribution in [2.24, 2.45) is 0 Å². The summed E-state index contributed by atoms with van der Waals surface area (Å²) in [5, 5.41) is 3.43. The number of nitrogens with zero attached hydrogens (tertiary/aromatic N) is 1. The van der Waals surface area contributed by atoms with Gasteiger partial charge in [0.25, 0.3) is 5.91 Å². The molecule has 27 heavy (non-hydrogen) atoms. The Hall–Kier alpha value is -2.37. The highest BCUT2D eigenvalue weighted by Gasteiger charge is 2.26. The van der Waals surface area contributed by atoms with E-state index < -0.39 is 0 Å². The topological polar surface area (TPSA) is 50.8 Å². The third-order valence-corrected chi connectivity index (χ3v) is 4.73. The maximum atomic E-state index is 12.7. The van der Waals surface area contributed by atoms with Gasteiger partial charge in [-0.3, -0.25) is 4.79 Å². The van der Waals surface area contributed by atoms with Crippen LogP contribution in [0.15, 0.2) is 48.5 Å². The molecule has 0 unspecified atom stereocenters. The molecule has 2 aromatic rings. The molecule has 1 heterocycles. The van der Waals surface area contributed by atoms with Gasteiger partial charge in [0, 0.05) is 31.7 Å². The second kappa shape index (κ2) is 9.02. The first-order valence-electron chi connectivity index (χ1n) is 9.42. The van der Waals surface area contributed by atoms with Crippen molar-refractivity contribution in [1.82, 2.24) is 10.2 Å². The largest absolute Gasteiger partial charge is 0.497 e. The van der Waals surface area contributed by atoms with Crippen molar-refractivity contribution in [1.29, 1.82) is 0 Å². The summed E-state index contributed by atoms with van der Waals surface area (Å²) in [4.78, 5) is 14.6. The Labute approximate surface area is 161 Å². The van der Waals surface area contributed by atoms with Gasteiger partial charge in [-0.15, -0.1) is 0 Å². The van der Waals surface area contributed by atoms with Crippen LogP contribution in [0, 0.1) is 0 Å². The predicted octanol–water partition coefficient (Wildman–Crippen LogP) is 3.23. The monoisotopic (exact) mass is 368 g/mol. The fourth-order valence-electron chi connectivity index (χ4n) is 3.39. The molecule has 0 radical (unpaired) electrons. The van der Waals surface area contributed by atoms with Crippen LogP contribution in [0.2, 0.25) is 0 Å². The van der Waals surface area contributed by atoms with Crippen LogP contribution in [0.25, 0.3) is 0 Å². The SMILES string of the molecule is COc1ccc(CNCc2ccc(C(=O)N3C[C@H](C)O[C@@H](C)C3)cc2)cc1. The minimum Gasteiger partial charge on any atom is -0.497 e. The van der Waals surface area contributed by atoms with Crippen molar-refractivity contribution in [2.45, 2.75) is 39.1 Å². The second-order valence-electron chi connectivity index (χ2n) is 7.12. The van der Waals surface area contributed by atoms with Crippen molar-refractivity contribution in [3.8, 4) is 5.75 Å². The Kier molecular flexibility index (Phi) is 6.48. The summed E-state index contributed by atoms with van der Waals surface area (Å²) in [7, 11) is 1.67. The van der Waals surface area contributed by atoms with Crippen LogP contribution < -0.4 is 10.1 Å². The molecule has 3 rings (SSSR count). The lowest BCUT2D eigenvalue weighted by Gasteiger charge is -2.35. The molecule has 1 aliphatic heterocycles. The van der Waals surface area contributed by atoms with Crippen LogP contribution in [0.1, 0.15) is 35.3 Å². The zero-order chi connectivity index (χ0) is 19.2. The zero-order valence-electron chi connectivity index (χ0n) is 16.3. The number of nitrogens with one attached hydrogen (secondary N) is 1. The molecule has 2 atom stereocenters. The van der Waals surface area contributed by atoms with E-state index in [-0.39, 0.29) is 18.1 Å². The Morgan fingerprint density at radius 1 is 1.00 bits per heavy atom. The number of rotatable bonds is 6. The molecule has 0 spiro atoms. The van der Waals surface area contributed by atoms with Gasteiger partial charge >= 0.3 is 0 Å². The highest BCUT2D eigenvalue weighted by atomic mass is 16.5. The van der Waals surface area contributed by atoms with Crippen LogP contribution in [0.5, 0.6) is 5.75 Å². The number of morpholine rings is 1. The number of carbonyl (C=O) groups excluding carboxylic acids is 1. The first-order chi connectivity index (χ1) is 13.0. The number of hydrogen-bond donors (Lipinski definition) is 1. The number of amides is 1. The van der Waals surface area contributed by atoms with Gasteiger partial charge < -0.3 is 19.7 Å². The number of carbonyl (C=O) groups is 1. The van der Waals surface area contributed by atoms with E-state index in [2.05, 4.69) is 17.4 Å². The normalized spacial score (nSPS) is 19.7. The van der Waals surface area contributed by atoms with E-state index in [0.29, 0.717) is 13.1 Å². The molecule has 1 fully saturated rings. The minimum atomic E-state index is 0.0785. The summed E-state index contributed by atoms with van der Waals surface area (Å²) >= 11 is 0. The summed E-state index contributed by atoms with van der Waals surface area (Å²) in [5.41, 5.74) is 3.09. The lowest BCUT2D eigenvalue weighted by Crippen LogP contribution is -2.48. The molecule has 2 aromatic carbocycles. The minimum absolute atomic E-state index is 0.0785. The van der Waals surface area contributed by atoms with E-state index in [1.54, 1.807) is 7.11 Å². The van der Waals surface area contributed by atoms with E-state index in [0.717, 1.165) is 30.0 Å². The molecule has 5 heteroatoms. The first kappa shape index (κ1) is 19.4. The highest BCUT2D eigenvalue weighted by molar-refractivity contribution is 5.94. The third-order valence-electron chi connectivity index (χ3n) is 4.73. The number of hydrogen-bond acceptors (Lipinski definition) is 4. The number of methoxy groups -OCH3 is 1. The predicted molar refractivity (Wildman–Crippen MR) is 106 cm³/mol. The van der Waals surface area contributed by atoms with Crippen LogP contribution in [0.4, 0.5) is 0 Å². The summed E-state index contributed by atoms with van der Waals surface area (Å²) < 4.78 is 10.9. The maximum Gasteiger partial charge on any atom is 0.254 e. The van der Waals surface area contributed by atoms with Gasteiger partial charge in [-0.05, 0) is 49.2 Å². The molecule has 1 N–H and O–H groups in total. The number of benzene rings is 2. The maximum absolute atomic E-state index is 12.7. The van der Waals surface area contributed by atoms with Gasteiger partial charge in [0.05, 0.1) is 19.3 Å². The van der Waals surface area contributed by atoms with E-state index in [9.17, 15) is 4.79 Å². The molecule has 1 saturated heterocycles. The fraction of sp³-hybridized carbons (Fsp3) is 0.409. The van der Waals surface area contributed by atoms with E-state index in [1.807, 2.05) is 55.1 Å². The van der Waals surface area contributed by atoms with Crippen molar-refractivity contribution in [3.63, 3.8) is 0 Å². The fourth-order valence-corrected chi connectivity index (χ4v) is 3.39. The molecule has 0 bridgehead atoms. The van der Waals surface area contributed by atoms with Gasteiger partial charge in [0.1, 0.15) is 5.75 Å². The molecule has 1 amide bonds. The van der Waals surface area contributed by atoms with Crippen molar-refractivity contribution >= 4 is 5.91 Å². The van der Waals surface area contributed by atoms with Gasteiger partial charge in [-0.25, -0.2) is 0 Å². The summed E-state index contributed by atoms with van der Waals surface area (Å²) in [6, 6.07) is 15.9. The summed E-state index contributed by atoms with van der Waals surface area (Å²) in [5.74, 6) is 0.942. The van der Waals surface area contributed by atoms with Gasteiger partial charge in [-0.2, -0.15) is 0 Å². The van der Waals surface area contributed by atoms with Gasteiger partial charge in [-0.1, -0.05) is 24.3 Å². The van der Waals surface area contributed by atoms with E-state index in [1.165, 1.54) is 5.56 Å². The molecule has 0 aromatic heterocycles. The van der Waals surface area contributed by atoms with E-state index >= 15 is 0 Å². The lowest BCUT2D eigenvalue weighted by molar-refractivity contribution is -0.0586. The quantitative estimate of drug-likeness (QED) is 0.850. The standard InChI is InChI=1S/C22H28N2O3/c1-16-14-24(15-17(2)27-16)22(25)20-8-4-18(5-9-20)12-23-13-19-6-10-21(26-3)11-7-19/h4-11,16-17,23H,12-15H2,1-3H3/t16-,17-/m0/s1. The average Bonchev–Trinajstić information content (AvgIpc) is 2.68.